The van der Waals surface area contributed by atoms with E-state index in [-0.39, 0.29) is 6.10 Å². The summed E-state index contributed by atoms with van der Waals surface area (Å²) in [6, 6.07) is 4.02. The predicted molar refractivity (Wildman–Crippen MR) is 116 cm³/mol. The first-order valence-electron chi connectivity index (χ1n) is 10.3. The minimum Gasteiger partial charge on any atom is -0.493 e. The van der Waals surface area contributed by atoms with Crippen molar-refractivity contribution in [1.82, 2.24) is 0 Å². The Hall–Kier alpha value is -2.80. The Morgan fingerprint density at radius 2 is 1.26 bits per heavy atom. The van der Waals surface area contributed by atoms with Crippen LogP contribution in [-0.2, 0) is 11.2 Å². The molecule has 0 radical (unpaired) electrons. The maximum Gasteiger partial charge on any atom is 0.203 e. The third kappa shape index (κ3) is 3.14. The number of hydrogen-bond donors (Lipinski definition) is 0. The molecule has 0 saturated carbocycles. The molecule has 1 heterocycles. The molecule has 0 aromatic heterocycles. The van der Waals surface area contributed by atoms with Crippen molar-refractivity contribution in [3.63, 3.8) is 0 Å². The average Bonchev–Trinajstić information content (AvgIpc) is 3.18. The summed E-state index contributed by atoms with van der Waals surface area (Å²) < 4.78 is 40.8. The van der Waals surface area contributed by atoms with Gasteiger partial charge in [-0.15, -0.1) is 0 Å². The molecular formula is C24H30O7. The average molecular weight is 430 g/mol. The van der Waals surface area contributed by atoms with Crippen LogP contribution in [0.4, 0.5) is 0 Å². The van der Waals surface area contributed by atoms with Gasteiger partial charge in [0, 0.05) is 11.1 Å². The monoisotopic (exact) mass is 430 g/mol. The minimum absolute atomic E-state index is 0.0975. The number of methoxy groups -OCH3 is 6. The summed E-state index contributed by atoms with van der Waals surface area (Å²) in [6.45, 7) is 2.91. The third-order valence-electron chi connectivity index (χ3n) is 6.52. The van der Waals surface area contributed by atoms with Crippen molar-refractivity contribution in [3.8, 4) is 45.6 Å². The van der Waals surface area contributed by atoms with Crippen LogP contribution in [0.15, 0.2) is 12.1 Å². The zero-order valence-corrected chi connectivity index (χ0v) is 19.2. The minimum atomic E-state index is -0.0975. The standard InChI is InChI=1S/C24H30O7/c1-12-14-8-13-9-16(25-2)21(27-4)23(29-6)18(13)19-15(20(12)31-11-14)10-17(26-3)22(28-5)24(19)30-7/h9-10,12,14,20H,8,11H2,1-7H3. The number of benzene rings is 2. The van der Waals surface area contributed by atoms with Crippen molar-refractivity contribution in [2.45, 2.75) is 19.4 Å². The molecule has 3 unspecified atom stereocenters. The van der Waals surface area contributed by atoms with E-state index in [1.165, 1.54) is 0 Å². The Morgan fingerprint density at radius 3 is 1.81 bits per heavy atom. The van der Waals surface area contributed by atoms with Gasteiger partial charge in [0.15, 0.2) is 23.0 Å². The lowest BCUT2D eigenvalue weighted by Gasteiger charge is -2.30. The molecule has 7 nitrogen and oxygen atoms in total. The van der Waals surface area contributed by atoms with Crippen molar-refractivity contribution in [2.24, 2.45) is 11.8 Å². The van der Waals surface area contributed by atoms with Crippen LogP contribution in [0.3, 0.4) is 0 Å². The van der Waals surface area contributed by atoms with Gasteiger partial charge in [0.25, 0.3) is 0 Å². The van der Waals surface area contributed by atoms with Crippen LogP contribution in [0.25, 0.3) is 11.1 Å². The van der Waals surface area contributed by atoms with Gasteiger partial charge < -0.3 is 33.2 Å². The van der Waals surface area contributed by atoms with E-state index in [4.69, 9.17) is 33.2 Å². The second-order valence-corrected chi connectivity index (χ2v) is 7.87. The lowest BCUT2D eigenvalue weighted by Crippen LogP contribution is -2.19. The molecule has 1 aliphatic heterocycles. The molecule has 2 aromatic rings. The van der Waals surface area contributed by atoms with E-state index in [9.17, 15) is 0 Å². The van der Waals surface area contributed by atoms with Gasteiger partial charge in [0.05, 0.1) is 55.4 Å². The molecule has 1 aliphatic carbocycles. The first-order valence-corrected chi connectivity index (χ1v) is 10.3. The van der Waals surface area contributed by atoms with Gasteiger partial charge in [-0.05, 0) is 41.5 Å². The lowest BCUT2D eigenvalue weighted by atomic mass is 9.77. The molecule has 2 bridgehead atoms. The molecule has 2 aromatic carbocycles. The molecular weight excluding hydrogens is 400 g/mol. The van der Waals surface area contributed by atoms with E-state index in [2.05, 4.69) is 6.92 Å². The Morgan fingerprint density at radius 1 is 0.710 bits per heavy atom. The first kappa shape index (κ1) is 21.4. The van der Waals surface area contributed by atoms with Gasteiger partial charge in [0.1, 0.15) is 0 Å². The van der Waals surface area contributed by atoms with Crippen molar-refractivity contribution in [2.75, 3.05) is 49.3 Å². The second kappa shape index (κ2) is 8.38. The molecule has 31 heavy (non-hydrogen) atoms. The summed E-state index contributed by atoms with van der Waals surface area (Å²) in [6.07, 6.45) is 0.723. The quantitative estimate of drug-likeness (QED) is 0.678. The fraction of sp³-hybridized carbons (Fsp3) is 0.500. The third-order valence-corrected chi connectivity index (χ3v) is 6.52. The summed E-state index contributed by atoms with van der Waals surface area (Å²) >= 11 is 0. The molecule has 1 fully saturated rings. The van der Waals surface area contributed by atoms with E-state index in [1.807, 2.05) is 12.1 Å². The van der Waals surface area contributed by atoms with E-state index in [0.717, 1.165) is 28.7 Å². The maximum absolute atomic E-state index is 6.31. The van der Waals surface area contributed by atoms with Gasteiger partial charge in [0.2, 0.25) is 11.5 Å². The van der Waals surface area contributed by atoms with Crippen LogP contribution < -0.4 is 28.4 Å². The van der Waals surface area contributed by atoms with Crippen LogP contribution in [-0.4, -0.2) is 49.3 Å². The molecule has 168 valence electrons. The number of hydrogen-bond acceptors (Lipinski definition) is 7. The van der Waals surface area contributed by atoms with Gasteiger partial charge in [-0.3, -0.25) is 0 Å². The summed E-state index contributed by atoms with van der Waals surface area (Å²) in [4.78, 5) is 0. The topological polar surface area (TPSA) is 64.6 Å². The molecule has 0 N–H and O–H groups in total. The fourth-order valence-corrected chi connectivity index (χ4v) is 4.98. The maximum atomic E-state index is 6.31. The van der Waals surface area contributed by atoms with Crippen molar-refractivity contribution >= 4 is 0 Å². The number of rotatable bonds is 6. The highest BCUT2D eigenvalue weighted by atomic mass is 16.5. The van der Waals surface area contributed by atoms with E-state index < -0.39 is 0 Å². The van der Waals surface area contributed by atoms with Crippen LogP contribution >= 0.6 is 0 Å². The highest BCUT2D eigenvalue weighted by Crippen LogP contribution is 2.58. The largest absolute Gasteiger partial charge is 0.493 e. The molecule has 1 saturated heterocycles. The summed E-state index contributed by atoms with van der Waals surface area (Å²) in [5, 5.41) is 0. The van der Waals surface area contributed by atoms with Crippen molar-refractivity contribution in [1.29, 1.82) is 0 Å². The van der Waals surface area contributed by atoms with Crippen LogP contribution in [0.1, 0.15) is 24.2 Å². The van der Waals surface area contributed by atoms with Gasteiger partial charge in [-0.1, -0.05) is 6.92 Å². The van der Waals surface area contributed by atoms with E-state index in [1.54, 1.807) is 42.7 Å². The van der Waals surface area contributed by atoms with Gasteiger partial charge in [-0.2, -0.15) is 0 Å². The smallest absolute Gasteiger partial charge is 0.203 e. The molecule has 0 spiro atoms. The Bertz CT molecular complexity index is 985. The first-order chi connectivity index (χ1) is 15.0. The van der Waals surface area contributed by atoms with E-state index in [0.29, 0.717) is 52.9 Å². The molecule has 2 aliphatic rings. The zero-order valence-electron chi connectivity index (χ0n) is 19.2. The van der Waals surface area contributed by atoms with Gasteiger partial charge >= 0.3 is 0 Å². The van der Waals surface area contributed by atoms with Crippen molar-refractivity contribution in [3.05, 3.63) is 23.3 Å². The second-order valence-electron chi connectivity index (χ2n) is 7.87. The summed E-state index contributed by atoms with van der Waals surface area (Å²) in [5.41, 5.74) is 3.84. The van der Waals surface area contributed by atoms with Crippen LogP contribution in [0.5, 0.6) is 34.5 Å². The molecule has 3 atom stereocenters. The molecule has 7 heteroatoms. The van der Waals surface area contributed by atoms with Crippen molar-refractivity contribution < 1.29 is 33.2 Å². The lowest BCUT2D eigenvalue weighted by molar-refractivity contribution is 0.0935. The number of ether oxygens (including phenoxy) is 7. The Kier molecular flexibility index (Phi) is 5.79. The van der Waals surface area contributed by atoms with Crippen LogP contribution in [0, 0.1) is 11.8 Å². The van der Waals surface area contributed by atoms with E-state index >= 15 is 0 Å². The highest BCUT2D eigenvalue weighted by molar-refractivity contribution is 5.88. The highest BCUT2D eigenvalue weighted by Gasteiger charge is 2.42. The van der Waals surface area contributed by atoms with Gasteiger partial charge in [-0.25, -0.2) is 0 Å². The number of fused-ring (bicyclic) bond motifs is 6. The normalized spacial score (nSPS) is 21.3. The summed E-state index contributed by atoms with van der Waals surface area (Å²) in [7, 11) is 9.73. The van der Waals surface area contributed by atoms with Crippen LogP contribution in [0.2, 0.25) is 0 Å². The summed E-state index contributed by atoms with van der Waals surface area (Å²) in [5.74, 6) is 4.12. The SMILES string of the molecule is COc1cc2c(c(OC)c1OC)-c1c(cc(OC)c(OC)c1OC)C1OCC(C2)C1C. The Labute approximate surface area is 183 Å². The molecule has 0 amide bonds. The molecule has 4 rings (SSSR count). The Balaban J connectivity index is 2.18. The predicted octanol–water partition coefficient (Wildman–Crippen LogP) is 4.28. The zero-order chi connectivity index (χ0) is 22.3. The fourth-order valence-electron chi connectivity index (χ4n) is 4.98.